The molecule has 1 aliphatic rings. The van der Waals surface area contributed by atoms with Gasteiger partial charge in [-0.25, -0.2) is 5.10 Å². The van der Waals surface area contributed by atoms with Gasteiger partial charge in [-0.2, -0.15) is 9.78 Å². The molecule has 0 unspecified atom stereocenters. The summed E-state index contributed by atoms with van der Waals surface area (Å²) in [6, 6.07) is 7.81. The fourth-order valence-corrected chi connectivity index (χ4v) is 3.42. The molecule has 0 bridgehead atoms. The molecule has 0 fully saturated rings. The Morgan fingerprint density at radius 2 is 2.24 bits per heavy atom. The van der Waals surface area contributed by atoms with Crippen LogP contribution in [0.2, 0.25) is 0 Å². The lowest BCUT2D eigenvalue weighted by Crippen LogP contribution is -2.29. The molecule has 0 saturated carbocycles. The van der Waals surface area contributed by atoms with Crippen LogP contribution in [0.4, 0.5) is 11.6 Å². The molecule has 5 rings (SSSR count). The lowest BCUT2D eigenvalue weighted by Gasteiger charge is -2.27. The quantitative estimate of drug-likeness (QED) is 0.416. The molecule has 1 atom stereocenters. The van der Waals surface area contributed by atoms with Gasteiger partial charge in [0.25, 0.3) is 5.56 Å². The number of phenols is 1. The molecule has 3 aromatic heterocycles. The summed E-state index contributed by atoms with van der Waals surface area (Å²) >= 11 is 0. The SMILES string of the molecule is CCOc1cc([C@H]2c3c(-c4ccco4)n[nH]c(=O)c3Nc3nnnn32)ccc1O. The zero-order valence-electron chi connectivity index (χ0n) is 15.2. The van der Waals surface area contributed by atoms with Crippen molar-refractivity contribution >= 4 is 11.6 Å². The van der Waals surface area contributed by atoms with Crippen molar-refractivity contribution < 1.29 is 14.3 Å². The summed E-state index contributed by atoms with van der Waals surface area (Å²) < 4.78 is 12.6. The molecule has 146 valence electrons. The molecule has 0 radical (unpaired) electrons. The number of phenolic OH excluding ortho intramolecular Hbond substituents is 1. The van der Waals surface area contributed by atoms with Crippen molar-refractivity contribution in [2.45, 2.75) is 13.0 Å². The van der Waals surface area contributed by atoms with E-state index in [1.54, 1.807) is 24.3 Å². The molecular formula is C18H15N7O4. The minimum atomic E-state index is -0.606. The lowest BCUT2D eigenvalue weighted by atomic mass is 9.94. The number of hydrogen-bond acceptors (Lipinski definition) is 9. The highest BCUT2D eigenvalue weighted by molar-refractivity contribution is 5.73. The van der Waals surface area contributed by atoms with Gasteiger partial charge in [0.2, 0.25) is 5.95 Å². The Hall–Kier alpha value is -4.15. The van der Waals surface area contributed by atoms with Crippen molar-refractivity contribution in [2.24, 2.45) is 0 Å². The zero-order valence-corrected chi connectivity index (χ0v) is 15.2. The summed E-state index contributed by atoms with van der Waals surface area (Å²) in [5, 5.41) is 31.5. The maximum absolute atomic E-state index is 12.6. The molecule has 4 heterocycles. The molecule has 0 saturated heterocycles. The highest BCUT2D eigenvalue weighted by atomic mass is 16.5. The molecule has 0 amide bonds. The van der Waals surface area contributed by atoms with Crippen molar-refractivity contribution in [3.63, 3.8) is 0 Å². The van der Waals surface area contributed by atoms with Crippen molar-refractivity contribution in [3.8, 4) is 23.0 Å². The number of anilines is 2. The molecule has 11 nitrogen and oxygen atoms in total. The highest BCUT2D eigenvalue weighted by Gasteiger charge is 2.35. The Labute approximate surface area is 162 Å². The summed E-state index contributed by atoms with van der Waals surface area (Å²) in [5.41, 5.74) is 1.52. The number of furan rings is 1. The summed E-state index contributed by atoms with van der Waals surface area (Å²) in [6.45, 7) is 2.21. The third kappa shape index (κ3) is 2.63. The number of nitrogens with one attached hydrogen (secondary N) is 2. The fourth-order valence-electron chi connectivity index (χ4n) is 3.42. The molecule has 0 aliphatic carbocycles. The fraction of sp³-hybridized carbons (Fsp3) is 0.167. The summed E-state index contributed by atoms with van der Waals surface area (Å²) in [7, 11) is 0. The van der Waals surface area contributed by atoms with E-state index in [-0.39, 0.29) is 11.4 Å². The van der Waals surface area contributed by atoms with Crippen LogP contribution in [0.1, 0.15) is 24.1 Å². The van der Waals surface area contributed by atoms with E-state index in [4.69, 9.17) is 9.15 Å². The van der Waals surface area contributed by atoms with Gasteiger partial charge in [0.1, 0.15) is 17.4 Å². The van der Waals surface area contributed by atoms with E-state index < -0.39 is 11.6 Å². The first-order valence-corrected chi connectivity index (χ1v) is 8.84. The Bertz CT molecular complexity index is 1250. The van der Waals surface area contributed by atoms with Crippen LogP contribution in [-0.2, 0) is 0 Å². The van der Waals surface area contributed by atoms with Crippen molar-refractivity contribution in [1.29, 1.82) is 0 Å². The van der Waals surface area contributed by atoms with Gasteiger partial charge in [-0.15, -0.1) is 0 Å². The lowest BCUT2D eigenvalue weighted by molar-refractivity contribution is 0.317. The Morgan fingerprint density at radius 3 is 3.03 bits per heavy atom. The van der Waals surface area contributed by atoms with Gasteiger partial charge >= 0.3 is 0 Å². The van der Waals surface area contributed by atoms with Gasteiger partial charge in [0.15, 0.2) is 17.3 Å². The first-order chi connectivity index (χ1) is 14.2. The Kier molecular flexibility index (Phi) is 3.79. The van der Waals surface area contributed by atoms with Crippen LogP contribution < -0.4 is 15.6 Å². The number of hydrogen-bond donors (Lipinski definition) is 3. The van der Waals surface area contributed by atoms with E-state index in [9.17, 15) is 9.90 Å². The maximum Gasteiger partial charge on any atom is 0.288 e. The largest absolute Gasteiger partial charge is 0.504 e. The number of aromatic hydroxyl groups is 1. The Balaban J connectivity index is 1.79. The summed E-state index contributed by atoms with van der Waals surface area (Å²) in [6.07, 6.45) is 1.52. The average molecular weight is 393 g/mol. The average Bonchev–Trinajstić information content (AvgIpc) is 3.41. The van der Waals surface area contributed by atoms with E-state index in [1.165, 1.54) is 17.0 Å². The minimum absolute atomic E-state index is 0.0111. The van der Waals surface area contributed by atoms with Gasteiger partial charge < -0.3 is 19.6 Å². The van der Waals surface area contributed by atoms with Crippen LogP contribution in [-0.4, -0.2) is 42.1 Å². The third-order valence-corrected chi connectivity index (χ3v) is 4.62. The first kappa shape index (κ1) is 17.0. The van der Waals surface area contributed by atoms with Crippen molar-refractivity contribution in [1.82, 2.24) is 30.4 Å². The van der Waals surface area contributed by atoms with Crippen LogP contribution in [0.5, 0.6) is 11.5 Å². The monoisotopic (exact) mass is 393 g/mol. The van der Waals surface area contributed by atoms with Crippen LogP contribution in [0, 0.1) is 0 Å². The molecular weight excluding hydrogens is 378 g/mol. The van der Waals surface area contributed by atoms with E-state index >= 15 is 0 Å². The molecule has 1 aromatic carbocycles. The molecule has 1 aliphatic heterocycles. The topological polar surface area (TPSA) is 144 Å². The van der Waals surface area contributed by atoms with Gasteiger partial charge in [-0.1, -0.05) is 11.2 Å². The van der Waals surface area contributed by atoms with Crippen LogP contribution in [0.25, 0.3) is 11.5 Å². The summed E-state index contributed by atoms with van der Waals surface area (Å²) in [5.74, 6) is 1.11. The van der Waals surface area contributed by atoms with Gasteiger partial charge in [-0.05, 0) is 47.2 Å². The second-order valence-corrected chi connectivity index (χ2v) is 6.30. The van der Waals surface area contributed by atoms with Crippen LogP contribution >= 0.6 is 0 Å². The predicted octanol–water partition coefficient (Wildman–Crippen LogP) is 1.82. The van der Waals surface area contributed by atoms with E-state index in [0.717, 1.165) is 0 Å². The van der Waals surface area contributed by atoms with Gasteiger partial charge in [-0.3, -0.25) is 4.79 Å². The van der Waals surface area contributed by atoms with E-state index in [1.807, 2.05) is 6.92 Å². The minimum Gasteiger partial charge on any atom is -0.504 e. The van der Waals surface area contributed by atoms with Crippen molar-refractivity contribution in [2.75, 3.05) is 11.9 Å². The highest BCUT2D eigenvalue weighted by Crippen LogP contribution is 2.42. The number of tetrazole rings is 1. The first-order valence-electron chi connectivity index (χ1n) is 8.84. The van der Waals surface area contributed by atoms with Gasteiger partial charge in [0.05, 0.1) is 12.9 Å². The van der Waals surface area contributed by atoms with Crippen molar-refractivity contribution in [3.05, 3.63) is 58.1 Å². The number of nitrogens with zero attached hydrogens (tertiary/aromatic N) is 5. The molecule has 0 spiro atoms. The Morgan fingerprint density at radius 1 is 1.34 bits per heavy atom. The number of aromatic amines is 1. The molecule has 29 heavy (non-hydrogen) atoms. The predicted molar refractivity (Wildman–Crippen MR) is 100 cm³/mol. The van der Waals surface area contributed by atoms with E-state index in [2.05, 4.69) is 31.0 Å². The second-order valence-electron chi connectivity index (χ2n) is 6.30. The number of H-pyrrole nitrogens is 1. The number of benzene rings is 1. The molecule has 4 aromatic rings. The zero-order chi connectivity index (χ0) is 20.0. The van der Waals surface area contributed by atoms with Gasteiger partial charge in [0, 0.05) is 5.56 Å². The number of fused-ring (bicyclic) bond motifs is 2. The third-order valence-electron chi connectivity index (χ3n) is 4.62. The number of aromatic nitrogens is 6. The van der Waals surface area contributed by atoms with Crippen LogP contribution in [0.15, 0.2) is 45.8 Å². The summed E-state index contributed by atoms with van der Waals surface area (Å²) in [4.78, 5) is 12.6. The number of rotatable bonds is 4. The van der Waals surface area contributed by atoms with E-state index in [0.29, 0.717) is 40.9 Å². The number of ether oxygens (including phenoxy) is 1. The maximum atomic E-state index is 12.6. The second kappa shape index (κ2) is 6.48. The molecule has 3 N–H and O–H groups in total. The normalized spacial score (nSPS) is 14.7. The smallest absolute Gasteiger partial charge is 0.288 e. The molecule has 11 heteroatoms. The standard InChI is InChI=1S/C18H15N7O4/c1-2-28-12-8-9(5-6-10(12)26)16-13-14(11-4-3-7-29-11)20-21-17(27)15(13)19-18-22-23-24-25(16)18/h3-8,16,26H,2H2,1H3,(H,21,27)(H,19,22,24)/t16-/m0/s1. The van der Waals surface area contributed by atoms with Crippen LogP contribution in [0.3, 0.4) is 0 Å².